The van der Waals surface area contributed by atoms with E-state index in [9.17, 15) is 13.2 Å². The average molecular weight is 406 g/mol. The van der Waals surface area contributed by atoms with E-state index in [0.717, 1.165) is 9.87 Å². The fourth-order valence-electron chi connectivity index (χ4n) is 2.78. The Morgan fingerprint density at radius 1 is 1.18 bits per heavy atom. The third-order valence-electron chi connectivity index (χ3n) is 4.15. The molecule has 1 aliphatic rings. The molecule has 1 amide bonds. The number of anilines is 2. The van der Waals surface area contributed by atoms with Crippen molar-refractivity contribution in [2.24, 2.45) is 0 Å². The molecule has 3 rings (SSSR count). The third-order valence-corrected chi connectivity index (χ3v) is 5.89. The Bertz CT molecular complexity index is 961. The molecule has 0 saturated carbocycles. The summed E-state index contributed by atoms with van der Waals surface area (Å²) < 4.78 is 41.9. The second-order valence-electron chi connectivity index (χ2n) is 6.13. The van der Waals surface area contributed by atoms with Gasteiger partial charge in [0, 0.05) is 18.9 Å². The van der Waals surface area contributed by atoms with Gasteiger partial charge in [-0.05, 0) is 36.8 Å². The third kappa shape index (κ3) is 4.55. The van der Waals surface area contributed by atoms with Gasteiger partial charge >= 0.3 is 0 Å². The molecular weight excluding hydrogens is 384 g/mol. The lowest BCUT2D eigenvalue weighted by atomic mass is 10.2. The van der Waals surface area contributed by atoms with Crippen molar-refractivity contribution >= 4 is 27.3 Å². The molecule has 0 radical (unpaired) electrons. The quantitative estimate of drug-likeness (QED) is 0.723. The first-order chi connectivity index (χ1) is 13.4. The number of nitrogens with zero attached hydrogens (tertiary/aromatic N) is 1. The molecule has 0 saturated heterocycles. The maximum Gasteiger partial charge on any atom is 0.245 e. The highest BCUT2D eigenvalue weighted by Crippen LogP contribution is 2.36. The summed E-state index contributed by atoms with van der Waals surface area (Å²) in [7, 11) is -2.09. The average Bonchev–Trinajstić information content (AvgIpc) is 3.14. The predicted molar refractivity (Wildman–Crippen MR) is 105 cm³/mol. The second-order valence-corrected chi connectivity index (χ2v) is 8.31. The molecule has 0 unspecified atom stereocenters. The summed E-state index contributed by atoms with van der Waals surface area (Å²) in [5.74, 6) is 0.389. The Hall–Kier alpha value is -2.78. The zero-order chi connectivity index (χ0) is 20.1. The summed E-state index contributed by atoms with van der Waals surface area (Å²) in [6.45, 7) is 1.67. The van der Waals surface area contributed by atoms with Crippen molar-refractivity contribution in [1.82, 2.24) is 0 Å². The van der Waals surface area contributed by atoms with Crippen LogP contribution < -0.4 is 19.1 Å². The maximum absolute atomic E-state index is 12.6. The van der Waals surface area contributed by atoms with E-state index in [1.54, 1.807) is 43.5 Å². The van der Waals surface area contributed by atoms with Gasteiger partial charge in [-0.25, -0.2) is 8.42 Å². The number of nitrogens with one attached hydrogen (secondary N) is 1. The van der Waals surface area contributed by atoms with Gasteiger partial charge in [-0.15, -0.1) is 0 Å². The van der Waals surface area contributed by atoms with E-state index in [4.69, 9.17) is 14.2 Å². The van der Waals surface area contributed by atoms with Crippen LogP contribution >= 0.6 is 0 Å². The van der Waals surface area contributed by atoms with Gasteiger partial charge in [-0.2, -0.15) is 0 Å². The topological polar surface area (TPSA) is 94.2 Å². The van der Waals surface area contributed by atoms with E-state index in [1.807, 2.05) is 6.07 Å². The SMILES string of the molecule is CCS(=O)(=O)N(CC(=O)Nc1cccc(COC)c1)c1ccc2c(c1)OCO2. The van der Waals surface area contributed by atoms with Gasteiger partial charge in [0.2, 0.25) is 22.7 Å². The molecule has 2 aromatic carbocycles. The zero-order valence-electron chi connectivity index (χ0n) is 15.7. The van der Waals surface area contributed by atoms with Crippen LogP contribution in [0.15, 0.2) is 42.5 Å². The number of rotatable bonds is 8. The van der Waals surface area contributed by atoms with Crippen LogP contribution in [0.2, 0.25) is 0 Å². The molecule has 8 nitrogen and oxygen atoms in total. The highest BCUT2D eigenvalue weighted by Gasteiger charge is 2.25. The van der Waals surface area contributed by atoms with Crippen LogP contribution in [0, 0.1) is 0 Å². The first-order valence-corrected chi connectivity index (χ1v) is 10.3. The molecule has 1 heterocycles. The number of hydrogen-bond acceptors (Lipinski definition) is 6. The minimum atomic E-state index is -3.68. The Morgan fingerprint density at radius 2 is 1.96 bits per heavy atom. The van der Waals surface area contributed by atoms with Gasteiger partial charge in [0.15, 0.2) is 11.5 Å². The van der Waals surface area contributed by atoms with E-state index in [0.29, 0.717) is 29.5 Å². The van der Waals surface area contributed by atoms with Crippen LogP contribution in [0.3, 0.4) is 0 Å². The Morgan fingerprint density at radius 3 is 2.71 bits per heavy atom. The van der Waals surface area contributed by atoms with Gasteiger partial charge in [-0.1, -0.05) is 12.1 Å². The van der Waals surface area contributed by atoms with Crippen molar-refractivity contribution in [2.45, 2.75) is 13.5 Å². The zero-order valence-corrected chi connectivity index (χ0v) is 16.5. The molecule has 0 atom stereocenters. The van der Waals surface area contributed by atoms with E-state index >= 15 is 0 Å². The molecule has 1 aliphatic heterocycles. The van der Waals surface area contributed by atoms with Gasteiger partial charge in [-0.3, -0.25) is 9.10 Å². The maximum atomic E-state index is 12.6. The lowest BCUT2D eigenvalue weighted by Crippen LogP contribution is -2.39. The molecule has 2 aromatic rings. The van der Waals surface area contributed by atoms with E-state index in [2.05, 4.69) is 5.32 Å². The number of hydrogen-bond donors (Lipinski definition) is 1. The number of benzene rings is 2. The molecule has 0 bridgehead atoms. The molecule has 1 N–H and O–H groups in total. The number of carbonyl (C=O) groups excluding carboxylic acids is 1. The van der Waals surface area contributed by atoms with Gasteiger partial charge in [0.1, 0.15) is 6.54 Å². The van der Waals surface area contributed by atoms with Crippen LogP contribution in [-0.4, -0.2) is 40.5 Å². The molecule has 9 heteroatoms. The van der Waals surface area contributed by atoms with Crippen LogP contribution in [0.4, 0.5) is 11.4 Å². The smallest absolute Gasteiger partial charge is 0.245 e. The number of methoxy groups -OCH3 is 1. The summed E-state index contributed by atoms with van der Waals surface area (Å²) in [6.07, 6.45) is 0. The molecule has 0 spiro atoms. The number of ether oxygens (including phenoxy) is 3. The minimum Gasteiger partial charge on any atom is -0.454 e. The first kappa shape index (κ1) is 20.0. The van der Waals surface area contributed by atoms with E-state index in [-0.39, 0.29) is 19.1 Å². The fourth-order valence-corrected chi connectivity index (χ4v) is 3.84. The van der Waals surface area contributed by atoms with Crippen LogP contribution in [0.5, 0.6) is 11.5 Å². The van der Waals surface area contributed by atoms with Gasteiger partial charge < -0.3 is 19.5 Å². The standard InChI is InChI=1S/C19H22N2O6S/c1-3-28(23,24)21(16-7-8-17-18(10-16)27-13-26-17)11-19(22)20-15-6-4-5-14(9-15)12-25-2/h4-10H,3,11-13H2,1-2H3,(H,20,22). The lowest BCUT2D eigenvalue weighted by Gasteiger charge is -2.23. The molecule has 28 heavy (non-hydrogen) atoms. The van der Waals surface area contributed by atoms with Gasteiger partial charge in [0.25, 0.3) is 0 Å². The van der Waals surface area contributed by atoms with Gasteiger partial charge in [0.05, 0.1) is 18.0 Å². The van der Waals surface area contributed by atoms with E-state index < -0.39 is 15.9 Å². The van der Waals surface area contributed by atoms with Crippen LogP contribution in [0.1, 0.15) is 12.5 Å². The van der Waals surface area contributed by atoms with Crippen molar-refractivity contribution in [2.75, 3.05) is 35.8 Å². The Kier molecular flexibility index (Phi) is 6.05. The number of sulfonamides is 1. The van der Waals surface area contributed by atoms with E-state index in [1.165, 1.54) is 6.92 Å². The molecule has 0 aliphatic carbocycles. The number of carbonyl (C=O) groups is 1. The van der Waals surface area contributed by atoms with Crippen molar-refractivity contribution in [1.29, 1.82) is 0 Å². The first-order valence-electron chi connectivity index (χ1n) is 8.70. The summed E-state index contributed by atoms with van der Waals surface area (Å²) >= 11 is 0. The highest BCUT2D eigenvalue weighted by atomic mass is 32.2. The predicted octanol–water partition coefficient (Wildman–Crippen LogP) is 2.36. The number of fused-ring (bicyclic) bond motifs is 1. The van der Waals surface area contributed by atoms with Crippen LogP contribution in [0.25, 0.3) is 0 Å². The van der Waals surface area contributed by atoms with Crippen LogP contribution in [-0.2, 0) is 26.2 Å². The monoisotopic (exact) mass is 406 g/mol. The summed E-state index contributed by atoms with van der Waals surface area (Å²) in [5.41, 5.74) is 1.81. The summed E-state index contributed by atoms with van der Waals surface area (Å²) in [6, 6.07) is 12.0. The Labute approximate surface area is 164 Å². The number of amides is 1. The molecular formula is C19H22N2O6S. The van der Waals surface area contributed by atoms with Crippen molar-refractivity contribution in [3.05, 3.63) is 48.0 Å². The molecule has 0 aromatic heterocycles. The summed E-state index contributed by atoms with van der Waals surface area (Å²) in [5, 5.41) is 2.73. The van der Waals surface area contributed by atoms with Crippen molar-refractivity contribution in [3.63, 3.8) is 0 Å². The second kappa shape index (κ2) is 8.49. The normalized spacial score (nSPS) is 12.6. The molecule has 0 fully saturated rings. The fraction of sp³-hybridized carbons (Fsp3) is 0.316. The lowest BCUT2D eigenvalue weighted by molar-refractivity contribution is -0.114. The highest BCUT2D eigenvalue weighted by molar-refractivity contribution is 7.92. The van der Waals surface area contributed by atoms with Crippen molar-refractivity contribution < 1.29 is 27.4 Å². The molecule has 150 valence electrons. The summed E-state index contributed by atoms with van der Waals surface area (Å²) in [4.78, 5) is 12.6. The minimum absolute atomic E-state index is 0.0810. The Balaban J connectivity index is 1.80. The van der Waals surface area contributed by atoms with Crippen molar-refractivity contribution in [3.8, 4) is 11.5 Å². The largest absolute Gasteiger partial charge is 0.454 e.